The molecule has 0 fully saturated rings. The molecule has 4 rings (SSSR count). The first-order chi connectivity index (χ1) is 13.0. The van der Waals surface area contributed by atoms with Crippen molar-refractivity contribution >= 4 is 28.9 Å². The number of aromatic hydroxyl groups is 2. The van der Waals surface area contributed by atoms with Crippen LogP contribution >= 0.6 is 0 Å². The Morgan fingerprint density at radius 1 is 1.22 bits per heavy atom. The van der Waals surface area contributed by atoms with Gasteiger partial charge in [0.1, 0.15) is 0 Å². The van der Waals surface area contributed by atoms with Crippen LogP contribution < -0.4 is 5.32 Å². The lowest BCUT2D eigenvalue weighted by atomic mass is 9.90. The second-order valence-electron chi connectivity index (χ2n) is 6.21. The van der Waals surface area contributed by atoms with Crippen molar-refractivity contribution in [1.29, 1.82) is 0 Å². The van der Waals surface area contributed by atoms with Crippen molar-refractivity contribution in [2.24, 2.45) is 5.92 Å². The lowest BCUT2D eigenvalue weighted by Crippen LogP contribution is -2.43. The fourth-order valence-electron chi connectivity index (χ4n) is 3.43. The van der Waals surface area contributed by atoms with Gasteiger partial charge in [0, 0.05) is 0 Å². The van der Waals surface area contributed by atoms with Gasteiger partial charge in [-0.05, 0) is 36.8 Å². The van der Waals surface area contributed by atoms with Crippen LogP contribution in [0.4, 0.5) is 5.95 Å². The van der Waals surface area contributed by atoms with E-state index in [1.165, 1.54) is 12.1 Å². The molecule has 0 saturated carbocycles. The van der Waals surface area contributed by atoms with Crippen molar-refractivity contribution in [2.75, 3.05) is 11.9 Å². The van der Waals surface area contributed by atoms with E-state index in [4.69, 9.17) is 4.74 Å². The number of hydrogen-bond acceptors (Lipinski definition) is 6. The molecular formula is C19H17N3O5. The number of fused-ring (bicyclic) bond motifs is 3. The molecule has 0 saturated heterocycles. The third-order valence-electron chi connectivity index (χ3n) is 4.59. The van der Waals surface area contributed by atoms with E-state index in [2.05, 4.69) is 10.3 Å². The van der Waals surface area contributed by atoms with Gasteiger partial charge in [-0.25, -0.2) is 4.98 Å². The smallest absolute Gasteiger partial charge is 0.321 e. The average Bonchev–Trinajstić information content (AvgIpc) is 3.00. The molecule has 8 nitrogen and oxygen atoms in total. The number of benzene rings is 2. The van der Waals surface area contributed by atoms with E-state index >= 15 is 0 Å². The standard InChI is InChI=1S/C19H17N3O5/c1-2-27-18(26)15-16(10-7-8-13(23)14(24)9-10)22-12-6-4-3-5-11(12)20-19(22)21-17(15)25/h3-9,15-16,23-24H,2H2,1H3,(H,20,21,25)/t15-,16+/m0/s1. The van der Waals surface area contributed by atoms with E-state index in [0.29, 0.717) is 17.0 Å². The van der Waals surface area contributed by atoms with Gasteiger partial charge in [0.25, 0.3) is 0 Å². The van der Waals surface area contributed by atoms with E-state index in [9.17, 15) is 19.8 Å². The van der Waals surface area contributed by atoms with Crippen LogP contribution in [0.15, 0.2) is 42.5 Å². The van der Waals surface area contributed by atoms with Crippen LogP contribution in [0.3, 0.4) is 0 Å². The summed E-state index contributed by atoms with van der Waals surface area (Å²) in [4.78, 5) is 29.7. The molecule has 2 heterocycles. The summed E-state index contributed by atoms with van der Waals surface area (Å²) >= 11 is 0. The maximum atomic E-state index is 12.7. The first-order valence-corrected chi connectivity index (χ1v) is 8.47. The molecule has 0 bridgehead atoms. The SMILES string of the molecule is CCOC(=O)[C@@H]1C(=O)Nc2nc3ccccc3n2[C@@H]1c1ccc(O)c(O)c1. The Balaban J connectivity index is 1.97. The highest BCUT2D eigenvalue weighted by Gasteiger charge is 2.44. The van der Waals surface area contributed by atoms with Gasteiger partial charge in [-0.1, -0.05) is 18.2 Å². The van der Waals surface area contributed by atoms with Crippen molar-refractivity contribution in [3.63, 3.8) is 0 Å². The summed E-state index contributed by atoms with van der Waals surface area (Å²) < 4.78 is 6.86. The number of nitrogens with one attached hydrogen (secondary N) is 1. The molecule has 2 atom stereocenters. The molecule has 0 spiro atoms. The Kier molecular flexibility index (Phi) is 3.95. The third-order valence-corrected chi connectivity index (χ3v) is 4.59. The predicted octanol–water partition coefficient (Wildman–Crippen LogP) is 2.17. The van der Waals surface area contributed by atoms with Crippen molar-refractivity contribution in [3.05, 3.63) is 48.0 Å². The second kappa shape index (κ2) is 6.31. The lowest BCUT2D eigenvalue weighted by Gasteiger charge is -2.32. The van der Waals surface area contributed by atoms with Gasteiger partial charge in [-0.15, -0.1) is 0 Å². The molecule has 0 unspecified atom stereocenters. The first-order valence-electron chi connectivity index (χ1n) is 8.47. The van der Waals surface area contributed by atoms with Gasteiger partial charge in [-0.3, -0.25) is 14.9 Å². The molecule has 2 aromatic carbocycles. The Hall–Kier alpha value is -3.55. The number of esters is 1. The molecule has 1 aliphatic heterocycles. The number of phenols is 2. The van der Waals surface area contributed by atoms with Crippen LogP contribution in [0.5, 0.6) is 11.5 Å². The van der Waals surface area contributed by atoms with Crippen LogP contribution in [0, 0.1) is 5.92 Å². The summed E-state index contributed by atoms with van der Waals surface area (Å²) in [6.45, 7) is 1.80. The molecular weight excluding hydrogens is 350 g/mol. The fraction of sp³-hybridized carbons (Fsp3) is 0.211. The van der Waals surface area contributed by atoms with Gasteiger partial charge in [0.15, 0.2) is 17.4 Å². The summed E-state index contributed by atoms with van der Waals surface area (Å²) in [5.41, 5.74) is 1.85. The Morgan fingerprint density at radius 2 is 2.00 bits per heavy atom. The maximum absolute atomic E-state index is 12.7. The number of ether oxygens (including phenoxy) is 1. The van der Waals surface area contributed by atoms with E-state index in [0.717, 1.165) is 5.52 Å². The highest BCUT2D eigenvalue weighted by atomic mass is 16.5. The van der Waals surface area contributed by atoms with E-state index < -0.39 is 23.8 Å². The number of hydrogen-bond donors (Lipinski definition) is 3. The first kappa shape index (κ1) is 16.9. The van der Waals surface area contributed by atoms with Crippen LogP contribution in [0.1, 0.15) is 18.5 Å². The minimum Gasteiger partial charge on any atom is -0.504 e. The largest absolute Gasteiger partial charge is 0.504 e. The molecule has 1 amide bonds. The number of carbonyl (C=O) groups is 2. The molecule has 8 heteroatoms. The average molecular weight is 367 g/mol. The normalized spacial score (nSPS) is 18.8. The Morgan fingerprint density at radius 3 is 2.74 bits per heavy atom. The van der Waals surface area contributed by atoms with Crippen LogP contribution in [-0.4, -0.2) is 38.2 Å². The molecule has 27 heavy (non-hydrogen) atoms. The van der Waals surface area contributed by atoms with Gasteiger partial charge < -0.3 is 19.5 Å². The molecule has 1 aliphatic rings. The minimum atomic E-state index is -1.17. The van der Waals surface area contributed by atoms with Gasteiger partial charge in [0.2, 0.25) is 11.9 Å². The van der Waals surface area contributed by atoms with Crippen molar-refractivity contribution < 1.29 is 24.5 Å². The summed E-state index contributed by atoms with van der Waals surface area (Å²) in [5.74, 6) is -2.70. The number of rotatable bonds is 3. The highest BCUT2D eigenvalue weighted by molar-refractivity contribution is 6.07. The number of amides is 1. The molecule has 0 aliphatic carbocycles. The summed E-state index contributed by atoms with van der Waals surface area (Å²) in [7, 11) is 0. The van der Waals surface area contributed by atoms with Gasteiger partial charge in [-0.2, -0.15) is 0 Å². The summed E-state index contributed by atoms with van der Waals surface area (Å²) in [6.07, 6.45) is 0. The fourth-order valence-corrected chi connectivity index (χ4v) is 3.43. The van der Waals surface area contributed by atoms with Crippen molar-refractivity contribution in [3.8, 4) is 11.5 Å². The predicted molar refractivity (Wildman–Crippen MR) is 96.4 cm³/mol. The maximum Gasteiger partial charge on any atom is 0.321 e. The van der Waals surface area contributed by atoms with Gasteiger partial charge in [0.05, 0.1) is 23.7 Å². The lowest BCUT2D eigenvalue weighted by molar-refractivity contribution is -0.152. The Bertz CT molecular complexity index is 1060. The van der Waals surface area contributed by atoms with Crippen LogP contribution in [0.25, 0.3) is 11.0 Å². The van der Waals surface area contributed by atoms with Gasteiger partial charge >= 0.3 is 5.97 Å². The van der Waals surface area contributed by atoms with E-state index in [1.807, 2.05) is 18.2 Å². The number of carbonyl (C=O) groups excluding carboxylic acids is 2. The number of imidazole rings is 1. The topological polar surface area (TPSA) is 114 Å². The zero-order chi connectivity index (χ0) is 19.1. The monoisotopic (exact) mass is 367 g/mol. The number of nitrogens with zero attached hydrogens (tertiary/aromatic N) is 2. The molecule has 1 aromatic heterocycles. The minimum absolute atomic E-state index is 0.133. The quantitative estimate of drug-likeness (QED) is 0.371. The molecule has 0 radical (unpaired) electrons. The summed E-state index contributed by atoms with van der Waals surface area (Å²) in [5, 5.41) is 22.3. The summed E-state index contributed by atoms with van der Waals surface area (Å²) in [6, 6.07) is 10.7. The molecule has 3 aromatic rings. The van der Waals surface area contributed by atoms with Crippen LogP contribution in [0.2, 0.25) is 0 Å². The van der Waals surface area contributed by atoms with E-state index in [-0.39, 0.29) is 18.1 Å². The van der Waals surface area contributed by atoms with Crippen LogP contribution in [-0.2, 0) is 14.3 Å². The third kappa shape index (κ3) is 2.66. The molecule has 3 N–H and O–H groups in total. The number of phenolic OH excluding ortho intramolecular Hbond substituents is 2. The van der Waals surface area contributed by atoms with Crippen molar-refractivity contribution in [2.45, 2.75) is 13.0 Å². The van der Waals surface area contributed by atoms with E-state index in [1.54, 1.807) is 23.6 Å². The number of para-hydroxylation sites is 2. The zero-order valence-corrected chi connectivity index (χ0v) is 14.4. The zero-order valence-electron chi connectivity index (χ0n) is 14.4. The second-order valence-corrected chi connectivity index (χ2v) is 6.21. The molecule has 138 valence electrons. The number of aromatic nitrogens is 2. The number of anilines is 1. The van der Waals surface area contributed by atoms with Crippen molar-refractivity contribution in [1.82, 2.24) is 9.55 Å². The highest BCUT2D eigenvalue weighted by Crippen LogP contribution is 2.40. The Labute approximate surface area is 154 Å².